The number of rotatable bonds is 1. The van der Waals surface area contributed by atoms with Crippen LogP contribution in [0.15, 0.2) is 0 Å². The van der Waals surface area contributed by atoms with E-state index in [1.54, 1.807) is 0 Å². The molecule has 1 heteroatoms. The standard InChI is InChI=1S/C22H36O/c1-14-9-11-21(3)16(13-14)5-6-17-19-8-7-18(15(2)23)22(19,4)12-10-20(17)21/h14,16-20H,5-13H2,1-4H3/t14?,16?,17?,18-,19?,20?,21+,22-/m1/s1. The summed E-state index contributed by atoms with van der Waals surface area (Å²) >= 11 is 0. The summed E-state index contributed by atoms with van der Waals surface area (Å²) in [6.07, 6.45) is 12.6. The molecular weight excluding hydrogens is 280 g/mol. The molecule has 0 spiro atoms. The van der Waals surface area contributed by atoms with Crippen LogP contribution >= 0.6 is 0 Å². The summed E-state index contributed by atoms with van der Waals surface area (Å²) in [4.78, 5) is 12.2. The summed E-state index contributed by atoms with van der Waals surface area (Å²) in [6.45, 7) is 9.45. The van der Waals surface area contributed by atoms with E-state index in [1.165, 1.54) is 57.8 Å². The second-order valence-electron chi connectivity index (χ2n) is 10.3. The summed E-state index contributed by atoms with van der Waals surface area (Å²) in [5.41, 5.74) is 0.948. The average molecular weight is 317 g/mol. The molecule has 0 saturated heterocycles. The third-order valence-electron chi connectivity index (χ3n) is 9.42. The van der Waals surface area contributed by atoms with Crippen LogP contribution in [0.3, 0.4) is 0 Å². The second kappa shape index (κ2) is 5.33. The van der Waals surface area contributed by atoms with Crippen molar-refractivity contribution in [2.24, 2.45) is 46.3 Å². The molecule has 4 saturated carbocycles. The molecule has 0 amide bonds. The maximum atomic E-state index is 12.2. The van der Waals surface area contributed by atoms with Gasteiger partial charge in [0.25, 0.3) is 0 Å². The Kier molecular flexibility index (Phi) is 3.75. The summed E-state index contributed by atoms with van der Waals surface area (Å²) in [6, 6.07) is 0. The van der Waals surface area contributed by atoms with Gasteiger partial charge in [-0.3, -0.25) is 4.79 Å². The molecule has 0 aromatic rings. The van der Waals surface area contributed by atoms with E-state index in [0.29, 0.717) is 22.5 Å². The van der Waals surface area contributed by atoms with Crippen LogP contribution in [-0.4, -0.2) is 5.78 Å². The smallest absolute Gasteiger partial charge is 0.133 e. The largest absolute Gasteiger partial charge is 0.300 e. The molecule has 4 aliphatic carbocycles. The van der Waals surface area contributed by atoms with Crippen LogP contribution in [0.4, 0.5) is 0 Å². The van der Waals surface area contributed by atoms with Crippen LogP contribution in [-0.2, 0) is 4.79 Å². The minimum absolute atomic E-state index is 0.332. The zero-order valence-electron chi connectivity index (χ0n) is 15.7. The second-order valence-corrected chi connectivity index (χ2v) is 10.3. The first kappa shape index (κ1) is 16.2. The first-order valence-electron chi connectivity index (χ1n) is 10.4. The maximum Gasteiger partial charge on any atom is 0.133 e. The highest BCUT2D eigenvalue weighted by Gasteiger charge is 2.60. The highest BCUT2D eigenvalue weighted by Crippen LogP contribution is 2.67. The van der Waals surface area contributed by atoms with Gasteiger partial charge >= 0.3 is 0 Å². The molecule has 1 nitrogen and oxygen atoms in total. The lowest BCUT2D eigenvalue weighted by Gasteiger charge is -2.61. The first-order chi connectivity index (χ1) is 10.9. The molecule has 4 rings (SSSR count). The predicted octanol–water partition coefficient (Wildman–Crippen LogP) is 5.87. The van der Waals surface area contributed by atoms with Crippen molar-refractivity contribution < 1.29 is 4.79 Å². The summed E-state index contributed by atoms with van der Waals surface area (Å²) in [7, 11) is 0. The van der Waals surface area contributed by atoms with Crippen molar-refractivity contribution in [2.75, 3.05) is 0 Å². The SMILES string of the molecule is CC(=O)[C@H]1CCC2C3CCC4CC(C)CC[C@]4(C)C3CC[C@@]21C. The van der Waals surface area contributed by atoms with E-state index in [0.717, 1.165) is 29.6 Å². The fraction of sp³-hybridized carbons (Fsp3) is 0.955. The van der Waals surface area contributed by atoms with E-state index < -0.39 is 0 Å². The Bertz CT molecular complexity index is 496. The third-order valence-corrected chi connectivity index (χ3v) is 9.42. The molecule has 130 valence electrons. The van der Waals surface area contributed by atoms with Crippen molar-refractivity contribution in [3.8, 4) is 0 Å². The maximum absolute atomic E-state index is 12.2. The monoisotopic (exact) mass is 316 g/mol. The molecule has 0 heterocycles. The number of hydrogen-bond acceptors (Lipinski definition) is 1. The molecule has 4 aliphatic rings. The van der Waals surface area contributed by atoms with Crippen LogP contribution in [0.2, 0.25) is 0 Å². The lowest BCUT2D eigenvalue weighted by molar-refractivity contribution is -0.135. The molecular formula is C22H36O. The molecule has 0 N–H and O–H groups in total. The molecule has 4 fully saturated rings. The molecule has 5 unspecified atom stereocenters. The molecule has 0 bridgehead atoms. The summed E-state index contributed by atoms with van der Waals surface area (Å²) in [5, 5.41) is 0. The van der Waals surface area contributed by atoms with Gasteiger partial charge in [-0.05, 0) is 98.7 Å². The van der Waals surface area contributed by atoms with Gasteiger partial charge in [-0.15, -0.1) is 0 Å². The summed E-state index contributed by atoms with van der Waals surface area (Å²) in [5.74, 6) is 5.50. The number of carbonyl (C=O) groups excluding carboxylic acids is 1. The van der Waals surface area contributed by atoms with Crippen molar-refractivity contribution in [2.45, 2.75) is 85.5 Å². The zero-order valence-corrected chi connectivity index (χ0v) is 15.7. The highest BCUT2D eigenvalue weighted by molar-refractivity contribution is 5.79. The lowest BCUT2D eigenvalue weighted by Crippen LogP contribution is -2.53. The van der Waals surface area contributed by atoms with Crippen molar-refractivity contribution in [1.82, 2.24) is 0 Å². The van der Waals surface area contributed by atoms with E-state index in [1.807, 2.05) is 6.92 Å². The van der Waals surface area contributed by atoms with Gasteiger partial charge in [0.2, 0.25) is 0 Å². The van der Waals surface area contributed by atoms with Gasteiger partial charge in [-0.1, -0.05) is 27.2 Å². The highest BCUT2D eigenvalue weighted by atomic mass is 16.1. The number of fused-ring (bicyclic) bond motifs is 5. The van der Waals surface area contributed by atoms with Gasteiger partial charge in [0.05, 0.1) is 0 Å². The van der Waals surface area contributed by atoms with Gasteiger partial charge in [0.15, 0.2) is 0 Å². The van der Waals surface area contributed by atoms with E-state index in [4.69, 9.17) is 0 Å². The molecule has 0 aliphatic heterocycles. The van der Waals surface area contributed by atoms with E-state index in [9.17, 15) is 4.79 Å². The topological polar surface area (TPSA) is 17.1 Å². The molecule has 23 heavy (non-hydrogen) atoms. The Balaban J connectivity index is 1.61. The van der Waals surface area contributed by atoms with Gasteiger partial charge in [-0.25, -0.2) is 0 Å². The van der Waals surface area contributed by atoms with Crippen molar-refractivity contribution >= 4 is 5.78 Å². The van der Waals surface area contributed by atoms with Crippen LogP contribution in [0.25, 0.3) is 0 Å². The Morgan fingerprint density at radius 3 is 2.30 bits per heavy atom. The van der Waals surface area contributed by atoms with Crippen LogP contribution in [0.1, 0.15) is 85.5 Å². The lowest BCUT2D eigenvalue weighted by atomic mass is 9.44. The molecule has 0 aromatic heterocycles. The van der Waals surface area contributed by atoms with Gasteiger partial charge in [0, 0.05) is 5.92 Å². The Morgan fingerprint density at radius 1 is 0.870 bits per heavy atom. The van der Waals surface area contributed by atoms with Crippen LogP contribution < -0.4 is 0 Å². The fourth-order valence-corrected chi connectivity index (χ4v) is 8.14. The van der Waals surface area contributed by atoms with Crippen LogP contribution in [0.5, 0.6) is 0 Å². The normalized spacial score (nSPS) is 55.7. The number of Topliss-reactive ketones (excluding diaryl/α,β-unsaturated/α-hetero) is 1. The summed E-state index contributed by atoms with van der Waals surface area (Å²) < 4.78 is 0. The number of carbonyl (C=O) groups is 1. The van der Waals surface area contributed by atoms with Gasteiger partial charge in [0.1, 0.15) is 5.78 Å². The van der Waals surface area contributed by atoms with E-state index in [-0.39, 0.29) is 0 Å². The average Bonchev–Trinajstić information content (AvgIpc) is 2.85. The van der Waals surface area contributed by atoms with E-state index >= 15 is 0 Å². The number of ketones is 1. The van der Waals surface area contributed by atoms with Crippen molar-refractivity contribution in [3.05, 3.63) is 0 Å². The minimum Gasteiger partial charge on any atom is -0.300 e. The third kappa shape index (κ3) is 2.20. The van der Waals surface area contributed by atoms with Gasteiger partial charge < -0.3 is 0 Å². The zero-order chi connectivity index (χ0) is 16.4. The van der Waals surface area contributed by atoms with Crippen molar-refractivity contribution in [3.63, 3.8) is 0 Å². The van der Waals surface area contributed by atoms with Gasteiger partial charge in [-0.2, -0.15) is 0 Å². The predicted molar refractivity (Wildman–Crippen MR) is 95.1 cm³/mol. The van der Waals surface area contributed by atoms with Crippen molar-refractivity contribution in [1.29, 1.82) is 0 Å². The molecule has 0 radical (unpaired) electrons. The minimum atomic E-state index is 0.332. The van der Waals surface area contributed by atoms with Crippen LogP contribution in [0, 0.1) is 46.3 Å². The first-order valence-corrected chi connectivity index (χ1v) is 10.4. The molecule has 0 aromatic carbocycles. The quantitative estimate of drug-likeness (QED) is 0.591. The molecule has 8 atom stereocenters. The Morgan fingerprint density at radius 2 is 1.57 bits per heavy atom. The fourth-order valence-electron chi connectivity index (χ4n) is 8.14. The Labute approximate surface area is 143 Å². The van der Waals surface area contributed by atoms with E-state index in [2.05, 4.69) is 20.8 Å². The number of hydrogen-bond donors (Lipinski definition) is 0. The Hall–Kier alpha value is -0.330.